The molecule has 0 atom stereocenters. The Balaban J connectivity index is 1.56. The molecule has 16 heavy (non-hydrogen) atoms. The molecular weight excluding hydrogens is 200 g/mol. The molecule has 92 valence electrons. The smallest absolute Gasteiger partial charge is 0.132 e. The van der Waals surface area contributed by atoms with E-state index in [2.05, 4.69) is 9.80 Å². The number of piperazine rings is 1. The first kappa shape index (κ1) is 12.1. The molecule has 1 heterocycles. The maximum Gasteiger partial charge on any atom is 0.132 e. The second-order valence-electron chi connectivity index (χ2n) is 5.10. The van der Waals surface area contributed by atoms with E-state index >= 15 is 0 Å². The van der Waals surface area contributed by atoms with Crippen molar-refractivity contribution in [2.45, 2.75) is 45.1 Å². The van der Waals surface area contributed by atoms with Gasteiger partial charge in [0.25, 0.3) is 0 Å². The van der Waals surface area contributed by atoms with Crippen LogP contribution in [0.4, 0.5) is 0 Å². The Morgan fingerprint density at radius 1 is 1.19 bits per heavy atom. The number of Topliss-reactive ketones (excluding diaryl/α,β-unsaturated/α-hetero) is 1. The first-order valence-electron chi connectivity index (χ1n) is 6.77. The van der Waals surface area contributed by atoms with Gasteiger partial charge in [-0.25, -0.2) is 0 Å². The van der Waals surface area contributed by atoms with E-state index in [0.717, 1.165) is 25.4 Å². The first-order chi connectivity index (χ1) is 7.79. The molecule has 1 aliphatic heterocycles. The second kappa shape index (κ2) is 5.78. The predicted molar refractivity (Wildman–Crippen MR) is 65.6 cm³/mol. The van der Waals surface area contributed by atoms with E-state index in [1.807, 2.05) is 6.92 Å². The van der Waals surface area contributed by atoms with Gasteiger partial charge in [0.15, 0.2) is 0 Å². The number of hydrogen-bond acceptors (Lipinski definition) is 3. The van der Waals surface area contributed by atoms with Crippen molar-refractivity contribution in [1.29, 1.82) is 0 Å². The third kappa shape index (κ3) is 3.56. The van der Waals surface area contributed by atoms with E-state index in [9.17, 15) is 4.79 Å². The largest absolute Gasteiger partial charge is 0.301 e. The fourth-order valence-electron chi connectivity index (χ4n) is 2.47. The zero-order valence-corrected chi connectivity index (χ0v) is 10.5. The van der Waals surface area contributed by atoms with Crippen molar-refractivity contribution in [2.24, 2.45) is 0 Å². The van der Waals surface area contributed by atoms with Gasteiger partial charge in [0.1, 0.15) is 5.78 Å². The minimum Gasteiger partial charge on any atom is -0.301 e. The molecule has 2 aliphatic rings. The van der Waals surface area contributed by atoms with E-state index in [1.54, 1.807) is 0 Å². The van der Waals surface area contributed by atoms with E-state index in [1.165, 1.54) is 39.0 Å². The number of carbonyl (C=O) groups is 1. The van der Waals surface area contributed by atoms with Crippen LogP contribution in [0.1, 0.15) is 39.0 Å². The van der Waals surface area contributed by atoms with Crippen molar-refractivity contribution < 1.29 is 4.79 Å². The summed E-state index contributed by atoms with van der Waals surface area (Å²) < 4.78 is 0. The third-order valence-electron chi connectivity index (χ3n) is 3.79. The zero-order chi connectivity index (χ0) is 11.4. The van der Waals surface area contributed by atoms with Gasteiger partial charge in [0, 0.05) is 45.1 Å². The molecule has 0 spiro atoms. The van der Waals surface area contributed by atoms with Gasteiger partial charge >= 0.3 is 0 Å². The minimum atomic E-state index is 0.414. The van der Waals surface area contributed by atoms with E-state index in [-0.39, 0.29) is 0 Å². The fourth-order valence-corrected chi connectivity index (χ4v) is 2.47. The van der Waals surface area contributed by atoms with Crippen LogP contribution in [0.15, 0.2) is 0 Å². The molecule has 0 N–H and O–H groups in total. The average molecular weight is 224 g/mol. The lowest BCUT2D eigenvalue weighted by Gasteiger charge is -2.34. The monoisotopic (exact) mass is 224 g/mol. The van der Waals surface area contributed by atoms with Crippen LogP contribution in [0.2, 0.25) is 0 Å². The molecule has 0 radical (unpaired) electrons. The van der Waals surface area contributed by atoms with Crippen molar-refractivity contribution in [3.8, 4) is 0 Å². The van der Waals surface area contributed by atoms with Crippen molar-refractivity contribution in [3.63, 3.8) is 0 Å². The normalized spacial score (nSPS) is 23.6. The lowest BCUT2D eigenvalue weighted by molar-refractivity contribution is -0.118. The highest BCUT2D eigenvalue weighted by molar-refractivity contribution is 5.77. The van der Waals surface area contributed by atoms with Gasteiger partial charge in [-0.1, -0.05) is 6.92 Å². The van der Waals surface area contributed by atoms with Crippen LogP contribution in [0.3, 0.4) is 0 Å². The molecule has 3 heteroatoms. The molecule has 0 amide bonds. The van der Waals surface area contributed by atoms with Crippen LogP contribution in [0.25, 0.3) is 0 Å². The molecule has 1 saturated heterocycles. The summed E-state index contributed by atoms with van der Waals surface area (Å²) in [6, 6.07) is 0.920. The Morgan fingerprint density at radius 2 is 1.88 bits per heavy atom. The summed E-state index contributed by atoms with van der Waals surface area (Å²) in [4.78, 5) is 16.3. The lowest BCUT2D eigenvalue weighted by atomic mass is 10.1. The molecule has 2 fully saturated rings. The lowest BCUT2D eigenvalue weighted by Crippen LogP contribution is -2.47. The number of nitrogens with zero attached hydrogens (tertiary/aromatic N) is 2. The van der Waals surface area contributed by atoms with Gasteiger partial charge in [-0.05, 0) is 25.8 Å². The van der Waals surface area contributed by atoms with Gasteiger partial charge < -0.3 is 4.90 Å². The molecule has 1 aliphatic carbocycles. The summed E-state index contributed by atoms with van der Waals surface area (Å²) in [5.41, 5.74) is 0. The fraction of sp³-hybridized carbons (Fsp3) is 0.923. The maximum absolute atomic E-state index is 11.2. The highest BCUT2D eigenvalue weighted by Gasteiger charge is 2.30. The number of carbonyl (C=O) groups excluding carboxylic acids is 1. The Hall–Kier alpha value is -0.410. The molecule has 2 rings (SSSR count). The Kier molecular flexibility index (Phi) is 4.36. The number of ketones is 1. The van der Waals surface area contributed by atoms with Crippen molar-refractivity contribution in [2.75, 3.05) is 32.7 Å². The summed E-state index contributed by atoms with van der Waals surface area (Å²) in [6.45, 7) is 7.97. The molecule has 0 bridgehead atoms. The highest BCUT2D eigenvalue weighted by atomic mass is 16.1. The first-order valence-corrected chi connectivity index (χ1v) is 6.77. The van der Waals surface area contributed by atoms with Gasteiger partial charge in [-0.15, -0.1) is 0 Å². The molecule has 0 aromatic rings. The SMILES string of the molecule is CCC(=O)CCCN1CCN(C2CC2)CC1. The van der Waals surface area contributed by atoms with Gasteiger partial charge in [-0.3, -0.25) is 9.69 Å². The predicted octanol–water partition coefficient (Wildman–Crippen LogP) is 1.53. The van der Waals surface area contributed by atoms with Gasteiger partial charge in [-0.2, -0.15) is 0 Å². The Bertz CT molecular complexity index is 230. The van der Waals surface area contributed by atoms with E-state index in [0.29, 0.717) is 12.2 Å². The minimum absolute atomic E-state index is 0.414. The summed E-state index contributed by atoms with van der Waals surface area (Å²) in [5.74, 6) is 0.414. The zero-order valence-electron chi connectivity index (χ0n) is 10.5. The van der Waals surface area contributed by atoms with Crippen LogP contribution < -0.4 is 0 Å². The standard InChI is InChI=1S/C13H24N2O/c1-2-13(16)4-3-7-14-8-10-15(11-9-14)12-5-6-12/h12H,2-11H2,1H3. The molecule has 3 nitrogen and oxygen atoms in total. The van der Waals surface area contributed by atoms with E-state index < -0.39 is 0 Å². The number of rotatable bonds is 6. The maximum atomic E-state index is 11.2. The van der Waals surface area contributed by atoms with Crippen molar-refractivity contribution in [1.82, 2.24) is 9.80 Å². The summed E-state index contributed by atoms with van der Waals surface area (Å²) in [5, 5.41) is 0. The van der Waals surface area contributed by atoms with Crippen molar-refractivity contribution in [3.05, 3.63) is 0 Å². The highest BCUT2D eigenvalue weighted by Crippen LogP contribution is 2.27. The third-order valence-corrected chi connectivity index (χ3v) is 3.79. The Labute approximate surface area is 98.8 Å². The average Bonchev–Trinajstić information content (AvgIpc) is 3.14. The summed E-state index contributed by atoms with van der Waals surface area (Å²) >= 11 is 0. The summed E-state index contributed by atoms with van der Waals surface area (Å²) in [7, 11) is 0. The molecule has 0 aromatic heterocycles. The molecule has 0 aromatic carbocycles. The van der Waals surface area contributed by atoms with Crippen LogP contribution in [0.5, 0.6) is 0 Å². The molecule has 1 saturated carbocycles. The topological polar surface area (TPSA) is 23.6 Å². The van der Waals surface area contributed by atoms with E-state index in [4.69, 9.17) is 0 Å². The summed E-state index contributed by atoms with van der Waals surface area (Å²) in [6.07, 6.45) is 5.38. The van der Waals surface area contributed by atoms with Crippen LogP contribution in [-0.4, -0.2) is 54.3 Å². The molecule has 0 unspecified atom stereocenters. The van der Waals surface area contributed by atoms with Gasteiger partial charge in [0.05, 0.1) is 0 Å². The van der Waals surface area contributed by atoms with Crippen molar-refractivity contribution >= 4 is 5.78 Å². The van der Waals surface area contributed by atoms with Gasteiger partial charge in [0.2, 0.25) is 0 Å². The van der Waals surface area contributed by atoms with Crippen LogP contribution in [-0.2, 0) is 4.79 Å². The quantitative estimate of drug-likeness (QED) is 0.683. The van der Waals surface area contributed by atoms with Crippen LogP contribution in [0, 0.1) is 0 Å². The second-order valence-corrected chi connectivity index (χ2v) is 5.10. The van der Waals surface area contributed by atoms with Crippen LogP contribution >= 0.6 is 0 Å². The number of hydrogen-bond donors (Lipinski definition) is 0. The molecular formula is C13H24N2O. The Morgan fingerprint density at radius 3 is 2.44 bits per heavy atom.